The van der Waals surface area contributed by atoms with Crippen LogP contribution in [-0.2, 0) is 0 Å². The van der Waals surface area contributed by atoms with E-state index in [1.807, 2.05) is 16.8 Å². The van der Waals surface area contributed by atoms with Crippen LogP contribution in [0.15, 0.2) is 29.0 Å². The first-order chi connectivity index (χ1) is 9.04. The molecule has 2 aromatic rings. The molecule has 100 valence electrons. The molecule has 0 amide bonds. The number of benzene rings is 1. The van der Waals surface area contributed by atoms with Crippen LogP contribution in [0.3, 0.4) is 0 Å². The molecule has 6 nitrogen and oxygen atoms in total. The van der Waals surface area contributed by atoms with Gasteiger partial charge in [-0.15, -0.1) is 0 Å². The van der Waals surface area contributed by atoms with Gasteiger partial charge in [-0.2, -0.15) is 11.3 Å². The summed E-state index contributed by atoms with van der Waals surface area (Å²) >= 11 is 1.49. The molecule has 0 saturated carbocycles. The molecular formula is C12H12N2O4S. The fourth-order valence-electron chi connectivity index (χ4n) is 1.73. The molecule has 0 fully saturated rings. The van der Waals surface area contributed by atoms with Gasteiger partial charge in [-0.25, -0.2) is 0 Å². The lowest BCUT2D eigenvalue weighted by molar-refractivity contribution is -0.386. The van der Waals surface area contributed by atoms with E-state index in [0.29, 0.717) is 5.56 Å². The standard InChI is InChI=1S/C12H12N2O4S/c1-18-10-5-8(4-9(12(10)15)14(16)17)11(13)7-2-3-19-6-7/h2-6,11,15H,13H2,1H3/t11-/m0/s1. The summed E-state index contributed by atoms with van der Waals surface area (Å²) in [6.07, 6.45) is 0. The van der Waals surface area contributed by atoms with Crippen molar-refractivity contribution in [3.05, 3.63) is 50.2 Å². The number of phenols is 1. The Morgan fingerprint density at radius 1 is 1.47 bits per heavy atom. The zero-order valence-electron chi connectivity index (χ0n) is 10.1. The molecule has 0 aliphatic rings. The molecule has 1 heterocycles. The maximum atomic E-state index is 10.9. The summed E-state index contributed by atoms with van der Waals surface area (Å²) in [7, 11) is 1.33. The highest BCUT2D eigenvalue weighted by Gasteiger charge is 2.22. The summed E-state index contributed by atoms with van der Waals surface area (Å²) in [6, 6.07) is 4.12. The van der Waals surface area contributed by atoms with Gasteiger partial charge in [0.2, 0.25) is 5.75 Å². The van der Waals surface area contributed by atoms with Gasteiger partial charge >= 0.3 is 5.69 Å². The second-order valence-electron chi connectivity index (χ2n) is 3.88. The molecule has 0 aliphatic heterocycles. The topological polar surface area (TPSA) is 98.6 Å². The number of aromatic hydroxyl groups is 1. The number of phenolic OH excluding ortho intramolecular Hbond substituents is 1. The molecule has 1 aromatic heterocycles. The van der Waals surface area contributed by atoms with Crippen LogP contribution in [0.4, 0.5) is 5.69 Å². The molecule has 0 bridgehead atoms. The number of hydrogen-bond donors (Lipinski definition) is 2. The van der Waals surface area contributed by atoms with Gasteiger partial charge in [0.1, 0.15) is 0 Å². The van der Waals surface area contributed by atoms with E-state index in [1.165, 1.54) is 30.6 Å². The minimum absolute atomic E-state index is 0.0369. The molecule has 1 atom stereocenters. The number of methoxy groups -OCH3 is 1. The zero-order chi connectivity index (χ0) is 14.0. The Kier molecular flexibility index (Phi) is 3.68. The number of nitro groups is 1. The van der Waals surface area contributed by atoms with Crippen molar-refractivity contribution >= 4 is 17.0 Å². The number of nitro benzene ring substituents is 1. The second kappa shape index (κ2) is 5.25. The fraction of sp³-hybridized carbons (Fsp3) is 0.167. The molecule has 2 rings (SSSR count). The molecule has 1 aromatic carbocycles. The third kappa shape index (κ3) is 2.51. The Bertz CT molecular complexity index is 598. The quantitative estimate of drug-likeness (QED) is 0.662. The van der Waals surface area contributed by atoms with Crippen molar-refractivity contribution in [1.82, 2.24) is 0 Å². The monoisotopic (exact) mass is 280 g/mol. The van der Waals surface area contributed by atoms with Crippen molar-refractivity contribution in [1.29, 1.82) is 0 Å². The molecule has 7 heteroatoms. The summed E-state index contributed by atoms with van der Waals surface area (Å²) in [5.74, 6) is -0.455. The summed E-state index contributed by atoms with van der Waals surface area (Å²) in [6.45, 7) is 0. The number of hydrogen-bond acceptors (Lipinski definition) is 6. The van der Waals surface area contributed by atoms with Crippen molar-refractivity contribution in [2.24, 2.45) is 5.73 Å². The third-order valence-corrected chi connectivity index (χ3v) is 3.46. The predicted molar refractivity (Wildman–Crippen MR) is 71.7 cm³/mol. The number of ether oxygens (including phenoxy) is 1. The van der Waals surface area contributed by atoms with E-state index in [0.717, 1.165) is 5.56 Å². The Morgan fingerprint density at radius 3 is 2.74 bits per heavy atom. The van der Waals surface area contributed by atoms with Crippen molar-refractivity contribution in [2.45, 2.75) is 6.04 Å². The first kappa shape index (κ1) is 13.3. The van der Waals surface area contributed by atoms with Crippen molar-refractivity contribution in [3.8, 4) is 11.5 Å². The summed E-state index contributed by atoms with van der Waals surface area (Å²) in [5.41, 5.74) is 7.00. The first-order valence-corrected chi connectivity index (χ1v) is 6.32. The lowest BCUT2D eigenvalue weighted by Gasteiger charge is -2.13. The van der Waals surface area contributed by atoms with Gasteiger partial charge in [0.25, 0.3) is 0 Å². The van der Waals surface area contributed by atoms with Gasteiger partial charge < -0.3 is 15.6 Å². The predicted octanol–water partition coefficient (Wildman–Crippen LogP) is 2.42. The van der Waals surface area contributed by atoms with Gasteiger partial charge in [-0.1, -0.05) is 0 Å². The van der Waals surface area contributed by atoms with E-state index in [1.54, 1.807) is 0 Å². The minimum atomic E-state index is -0.665. The van der Waals surface area contributed by atoms with Crippen LogP contribution in [0.25, 0.3) is 0 Å². The number of thiophene rings is 1. The highest BCUT2D eigenvalue weighted by atomic mass is 32.1. The van der Waals surface area contributed by atoms with Crippen LogP contribution < -0.4 is 10.5 Å². The van der Waals surface area contributed by atoms with E-state index in [4.69, 9.17) is 10.5 Å². The summed E-state index contributed by atoms with van der Waals surface area (Å²) < 4.78 is 4.94. The molecule has 19 heavy (non-hydrogen) atoms. The third-order valence-electron chi connectivity index (χ3n) is 2.76. The highest BCUT2D eigenvalue weighted by Crippen LogP contribution is 2.39. The normalized spacial score (nSPS) is 12.1. The SMILES string of the molecule is COc1cc([C@@H](N)c2ccsc2)cc([N+](=O)[O-])c1O. The molecule has 0 saturated heterocycles. The van der Waals surface area contributed by atoms with Crippen molar-refractivity contribution in [3.63, 3.8) is 0 Å². The first-order valence-electron chi connectivity index (χ1n) is 5.37. The fourth-order valence-corrected chi connectivity index (χ4v) is 2.43. The lowest BCUT2D eigenvalue weighted by atomic mass is 10.0. The number of nitrogens with two attached hydrogens (primary N) is 1. The molecule has 0 aliphatic carbocycles. The Hall–Kier alpha value is -2.12. The minimum Gasteiger partial charge on any atom is -0.500 e. The number of nitrogens with zero attached hydrogens (tertiary/aromatic N) is 1. The molecule has 0 unspecified atom stereocenters. The van der Waals surface area contributed by atoms with Crippen LogP contribution in [0.5, 0.6) is 11.5 Å². The maximum absolute atomic E-state index is 10.9. The molecule has 0 spiro atoms. The van der Waals surface area contributed by atoms with Gasteiger partial charge in [-0.05, 0) is 34.0 Å². The lowest BCUT2D eigenvalue weighted by Crippen LogP contribution is -2.11. The van der Waals surface area contributed by atoms with E-state index in [2.05, 4.69) is 0 Å². The Balaban J connectivity index is 2.52. The molecular weight excluding hydrogens is 268 g/mol. The van der Waals surface area contributed by atoms with Gasteiger partial charge in [0, 0.05) is 6.07 Å². The Labute approximate surface area is 113 Å². The van der Waals surface area contributed by atoms with E-state index >= 15 is 0 Å². The van der Waals surface area contributed by atoms with Gasteiger partial charge in [-0.3, -0.25) is 10.1 Å². The van der Waals surface area contributed by atoms with Crippen LogP contribution >= 0.6 is 11.3 Å². The smallest absolute Gasteiger partial charge is 0.315 e. The van der Waals surface area contributed by atoms with Crippen LogP contribution in [0.2, 0.25) is 0 Å². The van der Waals surface area contributed by atoms with E-state index < -0.39 is 22.4 Å². The summed E-state index contributed by atoms with van der Waals surface area (Å²) in [4.78, 5) is 10.2. The van der Waals surface area contributed by atoms with Gasteiger partial charge in [0.05, 0.1) is 18.1 Å². The number of rotatable bonds is 4. The second-order valence-corrected chi connectivity index (χ2v) is 4.66. The largest absolute Gasteiger partial charge is 0.500 e. The van der Waals surface area contributed by atoms with Crippen LogP contribution in [-0.4, -0.2) is 17.1 Å². The molecule has 0 radical (unpaired) electrons. The summed E-state index contributed by atoms with van der Waals surface area (Å²) in [5, 5.41) is 24.3. The van der Waals surface area contributed by atoms with Crippen LogP contribution in [0.1, 0.15) is 17.2 Å². The van der Waals surface area contributed by atoms with E-state index in [-0.39, 0.29) is 5.75 Å². The maximum Gasteiger partial charge on any atom is 0.315 e. The van der Waals surface area contributed by atoms with Gasteiger partial charge in [0.15, 0.2) is 5.75 Å². The molecule has 3 N–H and O–H groups in total. The van der Waals surface area contributed by atoms with E-state index in [9.17, 15) is 15.2 Å². The Morgan fingerprint density at radius 2 is 2.21 bits per heavy atom. The average Bonchev–Trinajstić information content (AvgIpc) is 2.91. The van der Waals surface area contributed by atoms with Crippen molar-refractivity contribution < 1.29 is 14.8 Å². The zero-order valence-corrected chi connectivity index (χ0v) is 10.9. The van der Waals surface area contributed by atoms with Crippen LogP contribution in [0, 0.1) is 10.1 Å². The van der Waals surface area contributed by atoms with Crippen molar-refractivity contribution in [2.75, 3.05) is 7.11 Å². The average molecular weight is 280 g/mol. The highest BCUT2D eigenvalue weighted by molar-refractivity contribution is 7.08.